The van der Waals surface area contributed by atoms with Gasteiger partial charge in [-0.05, 0) is 25.5 Å². The van der Waals surface area contributed by atoms with Gasteiger partial charge in [-0.3, -0.25) is 9.59 Å². The quantitative estimate of drug-likeness (QED) is 0.767. The van der Waals surface area contributed by atoms with Crippen LogP contribution in [0.25, 0.3) is 0 Å². The number of rotatable bonds is 5. The number of hydrogen-bond acceptors (Lipinski definition) is 3. The molecule has 0 aromatic rings. The summed E-state index contributed by atoms with van der Waals surface area (Å²) in [5.74, 6) is -1.18. The zero-order valence-corrected chi connectivity index (χ0v) is 10.5. The van der Waals surface area contributed by atoms with Crippen molar-refractivity contribution >= 4 is 23.6 Å². The molecule has 1 aliphatic rings. The molecule has 1 rings (SSSR count). The van der Waals surface area contributed by atoms with Crippen molar-refractivity contribution in [3.8, 4) is 0 Å². The highest BCUT2D eigenvalue weighted by atomic mass is 32.2. The fourth-order valence-electron chi connectivity index (χ4n) is 1.92. The first kappa shape index (κ1) is 13.4. The van der Waals surface area contributed by atoms with Gasteiger partial charge < -0.3 is 10.4 Å². The van der Waals surface area contributed by atoms with Crippen molar-refractivity contribution in [2.75, 3.05) is 12.8 Å². The van der Waals surface area contributed by atoms with E-state index in [1.165, 1.54) is 0 Å². The van der Waals surface area contributed by atoms with Crippen molar-refractivity contribution in [3.63, 3.8) is 0 Å². The first-order valence-corrected chi connectivity index (χ1v) is 6.86. The van der Waals surface area contributed by atoms with Gasteiger partial charge in [0.25, 0.3) is 0 Å². The fourth-order valence-corrected chi connectivity index (χ4v) is 2.17. The van der Waals surface area contributed by atoms with Crippen molar-refractivity contribution in [1.82, 2.24) is 5.32 Å². The van der Waals surface area contributed by atoms with E-state index in [0.717, 1.165) is 0 Å². The molecule has 5 heteroatoms. The summed E-state index contributed by atoms with van der Waals surface area (Å²) in [4.78, 5) is 22.5. The average molecular weight is 245 g/mol. The second-order valence-corrected chi connectivity index (χ2v) is 5.61. The van der Waals surface area contributed by atoms with Crippen LogP contribution in [0.1, 0.15) is 26.2 Å². The third-order valence-corrected chi connectivity index (χ3v) is 4.09. The maximum Gasteiger partial charge on any atom is 0.306 e. The Kier molecular flexibility index (Phi) is 5.12. The van der Waals surface area contributed by atoms with E-state index < -0.39 is 5.97 Å². The number of carboxylic acids is 1. The third kappa shape index (κ3) is 3.70. The molecular formula is C11H19NO3S. The van der Waals surface area contributed by atoms with Crippen LogP contribution in [-0.4, -0.2) is 35.0 Å². The minimum Gasteiger partial charge on any atom is -0.481 e. The normalized spacial score (nSPS) is 26.4. The van der Waals surface area contributed by atoms with E-state index in [4.69, 9.17) is 5.11 Å². The van der Waals surface area contributed by atoms with Gasteiger partial charge in [0.1, 0.15) is 0 Å². The van der Waals surface area contributed by atoms with Crippen molar-refractivity contribution in [1.29, 1.82) is 0 Å². The summed E-state index contributed by atoms with van der Waals surface area (Å²) >= 11 is 1.71. The van der Waals surface area contributed by atoms with E-state index in [0.29, 0.717) is 31.1 Å². The first-order chi connectivity index (χ1) is 7.54. The Morgan fingerprint density at radius 3 is 2.56 bits per heavy atom. The molecular weight excluding hydrogens is 226 g/mol. The van der Waals surface area contributed by atoms with E-state index in [1.54, 1.807) is 11.8 Å². The minimum absolute atomic E-state index is 0.0182. The van der Waals surface area contributed by atoms with Gasteiger partial charge in [0.05, 0.1) is 5.92 Å². The standard InChI is InChI=1S/C11H19NO3S/c1-7(16-2)6-12-10(13)8-3-4-9(5-8)11(14)15/h7-9H,3-6H2,1-2H3,(H,12,13)(H,14,15)/t7?,8-,9+/m1/s1. The molecule has 4 nitrogen and oxygen atoms in total. The predicted molar refractivity (Wildman–Crippen MR) is 64.5 cm³/mol. The Hall–Kier alpha value is -0.710. The van der Waals surface area contributed by atoms with Crippen molar-refractivity contribution < 1.29 is 14.7 Å². The van der Waals surface area contributed by atoms with E-state index in [-0.39, 0.29) is 17.7 Å². The second-order valence-electron chi connectivity index (χ2n) is 4.34. The fraction of sp³-hybridized carbons (Fsp3) is 0.818. The smallest absolute Gasteiger partial charge is 0.306 e. The molecule has 0 aromatic carbocycles. The Morgan fingerprint density at radius 1 is 1.44 bits per heavy atom. The molecule has 0 spiro atoms. The molecule has 92 valence electrons. The summed E-state index contributed by atoms with van der Waals surface area (Å²) in [6.07, 6.45) is 3.84. The predicted octanol–water partition coefficient (Wildman–Crippen LogP) is 1.35. The van der Waals surface area contributed by atoms with Gasteiger partial charge in [-0.2, -0.15) is 11.8 Å². The molecule has 0 aromatic heterocycles. The molecule has 0 bridgehead atoms. The van der Waals surface area contributed by atoms with Crippen LogP contribution < -0.4 is 5.32 Å². The molecule has 1 unspecified atom stereocenters. The summed E-state index contributed by atoms with van der Waals surface area (Å²) < 4.78 is 0. The molecule has 1 fully saturated rings. The van der Waals surface area contributed by atoms with Gasteiger partial charge in [-0.15, -0.1) is 0 Å². The van der Waals surface area contributed by atoms with Crippen LogP contribution in [0.5, 0.6) is 0 Å². The lowest BCUT2D eigenvalue weighted by molar-refractivity contribution is -0.141. The van der Waals surface area contributed by atoms with Crippen molar-refractivity contribution in [2.24, 2.45) is 11.8 Å². The van der Waals surface area contributed by atoms with Crippen LogP contribution >= 0.6 is 11.8 Å². The number of aliphatic carboxylic acids is 1. The van der Waals surface area contributed by atoms with Crippen LogP contribution in [0.4, 0.5) is 0 Å². The number of thioether (sulfide) groups is 1. The number of carbonyl (C=O) groups is 2. The topological polar surface area (TPSA) is 66.4 Å². The van der Waals surface area contributed by atoms with Crippen LogP contribution in [-0.2, 0) is 9.59 Å². The van der Waals surface area contributed by atoms with Gasteiger partial charge in [-0.25, -0.2) is 0 Å². The maximum absolute atomic E-state index is 11.7. The van der Waals surface area contributed by atoms with E-state index in [9.17, 15) is 9.59 Å². The molecule has 1 amide bonds. The van der Waals surface area contributed by atoms with Crippen molar-refractivity contribution in [2.45, 2.75) is 31.4 Å². The van der Waals surface area contributed by atoms with Crippen LogP contribution in [0, 0.1) is 11.8 Å². The summed E-state index contributed by atoms with van der Waals surface area (Å²) in [6.45, 7) is 2.72. The lowest BCUT2D eigenvalue weighted by Gasteiger charge is -2.13. The first-order valence-electron chi connectivity index (χ1n) is 5.58. The Morgan fingerprint density at radius 2 is 2.06 bits per heavy atom. The SMILES string of the molecule is CSC(C)CNC(=O)[C@@H]1CC[C@H](C(=O)O)C1. The zero-order valence-electron chi connectivity index (χ0n) is 9.73. The van der Waals surface area contributed by atoms with Gasteiger partial charge in [0.15, 0.2) is 0 Å². The van der Waals surface area contributed by atoms with Gasteiger partial charge >= 0.3 is 5.97 Å². The van der Waals surface area contributed by atoms with Crippen molar-refractivity contribution in [3.05, 3.63) is 0 Å². The number of amides is 1. The summed E-state index contributed by atoms with van der Waals surface area (Å²) in [7, 11) is 0. The second kappa shape index (κ2) is 6.13. The van der Waals surface area contributed by atoms with E-state index in [1.807, 2.05) is 6.26 Å². The lowest BCUT2D eigenvalue weighted by atomic mass is 10.0. The molecule has 3 atom stereocenters. The Labute approximate surface area is 100 Å². The van der Waals surface area contributed by atoms with E-state index >= 15 is 0 Å². The summed E-state index contributed by atoms with van der Waals surface area (Å²) in [6, 6.07) is 0. The molecule has 16 heavy (non-hydrogen) atoms. The molecule has 1 aliphatic carbocycles. The number of carbonyl (C=O) groups excluding carboxylic acids is 1. The summed E-state index contributed by atoms with van der Waals surface area (Å²) in [5, 5.41) is 12.1. The Balaban J connectivity index is 2.31. The highest BCUT2D eigenvalue weighted by Crippen LogP contribution is 2.31. The molecule has 1 saturated carbocycles. The minimum atomic E-state index is -0.771. The number of carboxylic acid groups (broad SMARTS) is 1. The van der Waals surface area contributed by atoms with Gasteiger partial charge in [0, 0.05) is 17.7 Å². The number of nitrogens with one attached hydrogen (secondary N) is 1. The van der Waals surface area contributed by atoms with Crippen LogP contribution in [0.2, 0.25) is 0 Å². The molecule has 0 aliphatic heterocycles. The summed E-state index contributed by atoms with van der Waals surface area (Å²) in [5.41, 5.74) is 0. The van der Waals surface area contributed by atoms with E-state index in [2.05, 4.69) is 12.2 Å². The monoisotopic (exact) mass is 245 g/mol. The highest BCUT2D eigenvalue weighted by Gasteiger charge is 2.33. The average Bonchev–Trinajstić information content (AvgIpc) is 2.74. The maximum atomic E-state index is 11.7. The zero-order chi connectivity index (χ0) is 12.1. The van der Waals surface area contributed by atoms with Crippen LogP contribution in [0.15, 0.2) is 0 Å². The van der Waals surface area contributed by atoms with Crippen LogP contribution in [0.3, 0.4) is 0 Å². The third-order valence-electron chi connectivity index (χ3n) is 3.12. The van der Waals surface area contributed by atoms with Gasteiger partial charge in [-0.1, -0.05) is 6.92 Å². The molecule has 0 heterocycles. The highest BCUT2D eigenvalue weighted by molar-refractivity contribution is 7.99. The lowest BCUT2D eigenvalue weighted by Crippen LogP contribution is -2.33. The molecule has 0 radical (unpaired) electrons. The number of hydrogen-bond donors (Lipinski definition) is 2. The molecule has 2 N–H and O–H groups in total. The largest absolute Gasteiger partial charge is 0.481 e. The van der Waals surface area contributed by atoms with Gasteiger partial charge in [0.2, 0.25) is 5.91 Å². The molecule has 0 saturated heterocycles. The Bertz CT molecular complexity index is 270.